The van der Waals surface area contributed by atoms with Gasteiger partial charge in [-0.2, -0.15) is 0 Å². The van der Waals surface area contributed by atoms with E-state index in [2.05, 4.69) is 34.4 Å². The van der Waals surface area contributed by atoms with Crippen LogP contribution in [0.3, 0.4) is 0 Å². The third-order valence-corrected chi connectivity index (χ3v) is 9.83. The number of unbranched alkanes of at least 4 members (excludes halogenated alkanes) is 4. The first-order chi connectivity index (χ1) is 11.4. The molecule has 0 aliphatic heterocycles. The second kappa shape index (κ2) is 17.7. The van der Waals surface area contributed by atoms with E-state index in [1.165, 1.54) is 38.5 Å². The van der Waals surface area contributed by atoms with Crippen molar-refractivity contribution in [1.29, 1.82) is 0 Å². The van der Waals surface area contributed by atoms with Crippen LogP contribution in [0.15, 0.2) is 0 Å². The van der Waals surface area contributed by atoms with Gasteiger partial charge in [-0.25, -0.2) is 0 Å². The fraction of sp³-hybridized carbons (Fsp3) is 0.952. The summed E-state index contributed by atoms with van der Waals surface area (Å²) in [5, 5.41) is 8.60. The molecule has 3 heteroatoms. The van der Waals surface area contributed by atoms with Gasteiger partial charge in [-0.15, -0.1) is 0 Å². The van der Waals surface area contributed by atoms with Crippen molar-refractivity contribution in [2.45, 2.75) is 98.8 Å². The zero-order chi connectivity index (χ0) is 18.8. The third kappa shape index (κ3) is 15.4. The topological polar surface area (TPSA) is 37.3 Å². The Morgan fingerprint density at radius 3 is 1.42 bits per heavy atom. The number of rotatable bonds is 14. The summed E-state index contributed by atoms with van der Waals surface area (Å²) in [5.41, 5.74) is 0. The third-order valence-electron chi connectivity index (χ3n) is 5.15. The van der Waals surface area contributed by atoms with Gasteiger partial charge < -0.3 is 5.11 Å². The molecule has 0 aromatic rings. The van der Waals surface area contributed by atoms with Crippen molar-refractivity contribution in [2.24, 2.45) is 5.92 Å². The van der Waals surface area contributed by atoms with E-state index in [4.69, 9.17) is 5.11 Å². The van der Waals surface area contributed by atoms with Gasteiger partial charge in [0.1, 0.15) is 0 Å². The Morgan fingerprint density at radius 1 is 0.792 bits per heavy atom. The van der Waals surface area contributed by atoms with E-state index in [1.807, 2.05) is 6.92 Å². The van der Waals surface area contributed by atoms with Crippen LogP contribution in [0.1, 0.15) is 98.8 Å². The Morgan fingerprint density at radius 2 is 1.17 bits per heavy atom. The van der Waals surface area contributed by atoms with Crippen molar-refractivity contribution in [3.05, 3.63) is 0 Å². The Hall–Kier alpha value is -0.100. The van der Waals surface area contributed by atoms with Crippen molar-refractivity contribution in [2.75, 3.05) is 25.2 Å². The second-order valence-electron chi connectivity index (χ2n) is 7.71. The molecule has 0 aromatic heterocycles. The summed E-state index contributed by atoms with van der Waals surface area (Å²) in [6, 6.07) is 0. The van der Waals surface area contributed by atoms with Crippen molar-refractivity contribution in [1.82, 2.24) is 0 Å². The van der Waals surface area contributed by atoms with Crippen LogP contribution in [0.2, 0.25) is 0 Å². The molecule has 1 atom stereocenters. The summed E-state index contributed by atoms with van der Waals surface area (Å²) in [6.45, 7) is 13.6. The van der Waals surface area contributed by atoms with Gasteiger partial charge in [0.2, 0.25) is 0 Å². The van der Waals surface area contributed by atoms with Gasteiger partial charge in [-0.05, 0) is 12.8 Å². The normalized spacial score (nSPS) is 13.1. The standard InChI is InChI=1S/C13H31P.C8H16O2/c1-5-8-11-14(4,12-9-6-2)13-10-7-3;1-3-5-6-7(4-2)8(9)10/h14H,5-13H2,1-4H3;7H,3-6H2,1-2H3,(H,9,10). The molecule has 0 fully saturated rings. The Bertz CT molecular complexity index is 257. The van der Waals surface area contributed by atoms with Crippen molar-refractivity contribution >= 4 is 13.2 Å². The molecule has 24 heavy (non-hydrogen) atoms. The molecule has 148 valence electrons. The van der Waals surface area contributed by atoms with Crippen molar-refractivity contribution in [3.8, 4) is 0 Å². The van der Waals surface area contributed by atoms with E-state index in [1.54, 1.807) is 18.5 Å². The molecule has 0 saturated heterocycles. The monoisotopic (exact) mass is 362 g/mol. The zero-order valence-electron chi connectivity index (χ0n) is 17.6. The number of hydrogen-bond acceptors (Lipinski definition) is 1. The molecule has 2 nitrogen and oxygen atoms in total. The molecular weight excluding hydrogens is 315 g/mol. The summed E-state index contributed by atoms with van der Waals surface area (Å²) in [5.74, 6) is -0.754. The van der Waals surface area contributed by atoms with Crippen LogP contribution in [-0.4, -0.2) is 36.2 Å². The summed E-state index contributed by atoms with van der Waals surface area (Å²) < 4.78 is 0. The van der Waals surface area contributed by atoms with Gasteiger partial charge >= 0.3 is 97.7 Å². The molecule has 0 bridgehead atoms. The van der Waals surface area contributed by atoms with Crippen molar-refractivity contribution < 1.29 is 9.90 Å². The van der Waals surface area contributed by atoms with Gasteiger partial charge in [-0.3, -0.25) is 4.79 Å². The van der Waals surface area contributed by atoms with Crippen LogP contribution in [-0.2, 0) is 4.79 Å². The minimum absolute atomic E-state index is 0.111. The van der Waals surface area contributed by atoms with Crippen LogP contribution in [0.4, 0.5) is 0 Å². The maximum atomic E-state index is 10.4. The van der Waals surface area contributed by atoms with E-state index < -0.39 is 13.2 Å². The molecule has 0 aromatic carbocycles. The number of carbonyl (C=O) groups is 1. The predicted molar refractivity (Wildman–Crippen MR) is 115 cm³/mol. The van der Waals surface area contributed by atoms with E-state index in [0.717, 1.165) is 25.7 Å². The summed E-state index contributed by atoms with van der Waals surface area (Å²) in [6.07, 6.45) is 17.1. The molecule has 0 spiro atoms. The van der Waals surface area contributed by atoms with Crippen LogP contribution in [0, 0.1) is 5.92 Å². The Labute approximate surface area is 153 Å². The first-order valence-corrected chi connectivity index (χ1v) is 13.8. The first kappa shape index (κ1) is 26.1. The predicted octanol–water partition coefficient (Wildman–Crippen LogP) is 7.05. The van der Waals surface area contributed by atoms with Crippen LogP contribution in [0.25, 0.3) is 0 Å². The first-order valence-electron chi connectivity index (χ1n) is 10.6. The molecule has 0 saturated carbocycles. The quantitative estimate of drug-likeness (QED) is 0.336. The minimum atomic E-state index is -0.812. The number of hydrogen-bond donors (Lipinski definition) is 1. The summed E-state index contributed by atoms with van der Waals surface area (Å²) in [7, 11) is -0.812. The summed E-state index contributed by atoms with van der Waals surface area (Å²) in [4.78, 5) is 10.4. The molecule has 0 aliphatic rings. The van der Waals surface area contributed by atoms with E-state index in [9.17, 15) is 4.79 Å². The van der Waals surface area contributed by atoms with Gasteiger partial charge in [0, 0.05) is 0 Å². The second-order valence-corrected chi connectivity index (χ2v) is 12.8. The summed E-state index contributed by atoms with van der Waals surface area (Å²) >= 11 is 0. The number of carboxylic acid groups (broad SMARTS) is 1. The van der Waals surface area contributed by atoms with Crippen LogP contribution < -0.4 is 0 Å². The van der Waals surface area contributed by atoms with Gasteiger partial charge in [0.05, 0.1) is 5.92 Å². The SMILES string of the molecule is CCCCC(CC)C(=O)O.CCCC[PH](C)(CCCC)CCCC. The molecular formula is C21H47O2P. The molecule has 1 N–H and O–H groups in total. The number of aliphatic carboxylic acids is 1. The molecule has 0 rings (SSSR count). The number of carboxylic acids is 1. The molecule has 0 radical (unpaired) electrons. The Balaban J connectivity index is 0. The van der Waals surface area contributed by atoms with Crippen molar-refractivity contribution in [3.63, 3.8) is 0 Å². The van der Waals surface area contributed by atoms with Gasteiger partial charge in [-0.1, -0.05) is 26.7 Å². The van der Waals surface area contributed by atoms with Crippen LogP contribution in [0.5, 0.6) is 0 Å². The average Bonchev–Trinajstić information content (AvgIpc) is 2.57. The fourth-order valence-electron chi connectivity index (χ4n) is 3.14. The van der Waals surface area contributed by atoms with E-state index >= 15 is 0 Å². The van der Waals surface area contributed by atoms with E-state index in [0.29, 0.717) is 0 Å². The maximum absolute atomic E-state index is 10.4. The molecule has 1 unspecified atom stereocenters. The van der Waals surface area contributed by atoms with Gasteiger partial charge in [0.25, 0.3) is 0 Å². The molecule has 0 amide bonds. The molecule has 0 heterocycles. The Kier molecular flexibility index (Phi) is 19.3. The van der Waals surface area contributed by atoms with E-state index in [-0.39, 0.29) is 5.92 Å². The average molecular weight is 363 g/mol. The fourth-order valence-corrected chi connectivity index (χ4v) is 7.51. The zero-order valence-corrected chi connectivity index (χ0v) is 18.6. The van der Waals surface area contributed by atoms with Crippen LogP contribution >= 0.6 is 7.26 Å². The molecule has 0 aliphatic carbocycles. The van der Waals surface area contributed by atoms with Gasteiger partial charge in [0.15, 0.2) is 0 Å².